The Kier molecular flexibility index (Phi) is 5.41. The average Bonchev–Trinajstić information content (AvgIpc) is 3.02. The Morgan fingerprint density at radius 3 is 2.52 bits per heavy atom. The fourth-order valence-corrected chi connectivity index (χ4v) is 3.16. The van der Waals surface area contributed by atoms with Crippen molar-refractivity contribution in [2.75, 3.05) is 32.7 Å². The van der Waals surface area contributed by atoms with E-state index in [4.69, 9.17) is 4.52 Å². The molecule has 0 saturated carbocycles. The minimum absolute atomic E-state index is 0.211. The fourth-order valence-electron chi connectivity index (χ4n) is 3.16. The van der Waals surface area contributed by atoms with Gasteiger partial charge >= 0.3 is 0 Å². The summed E-state index contributed by atoms with van der Waals surface area (Å²) >= 11 is 0. The van der Waals surface area contributed by atoms with Crippen molar-refractivity contribution in [1.29, 1.82) is 0 Å². The van der Waals surface area contributed by atoms with Crippen LogP contribution in [-0.2, 0) is 6.42 Å². The number of hydrogen-bond acceptors (Lipinski definition) is 5. The first kappa shape index (κ1) is 16.1. The maximum Gasteiger partial charge on any atom is 0.243 e. The molecule has 5 heteroatoms. The van der Waals surface area contributed by atoms with E-state index < -0.39 is 0 Å². The van der Waals surface area contributed by atoms with E-state index in [0.717, 1.165) is 32.1 Å². The minimum Gasteiger partial charge on any atom is -0.338 e. The van der Waals surface area contributed by atoms with E-state index >= 15 is 0 Å². The third kappa shape index (κ3) is 4.39. The molecule has 0 aliphatic carbocycles. The van der Waals surface area contributed by atoms with Gasteiger partial charge in [-0.05, 0) is 38.8 Å². The summed E-state index contributed by atoms with van der Waals surface area (Å²) in [4.78, 5) is 9.35. The van der Waals surface area contributed by atoms with Crippen LogP contribution in [0.15, 0.2) is 34.9 Å². The SMILES string of the molecule is Cc1noc([C@H](C)N2CCN(CCCc3ccccc3)CC2)n1. The average molecular weight is 314 g/mol. The van der Waals surface area contributed by atoms with Crippen molar-refractivity contribution in [2.45, 2.75) is 32.7 Å². The van der Waals surface area contributed by atoms with Gasteiger partial charge in [0.1, 0.15) is 0 Å². The molecule has 1 aliphatic heterocycles. The van der Waals surface area contributed by atoms with Crippen LogP contribution in [-0.4, -0.2) is 52.7 Å². The van der Waals surface area contributed by atoms with Gasteiger partial charge in [0.15, 0.2) is 5.82 Å². The third-order valence-corrected chi connectivity index (χ3v) is 4.64. The van der Waals surface area contributed by atoms with E-state index in [-0.39, 0.29) is 6.04 Å². The van der Waals surface area contributed by atoms with Crippen molar-refractivity contribution in [3.8, 4) is 0 Å². The number of aryl methyl sites for hydroxylation is 2. The summed E-state index contributed by atoms with van der Waals surface area (Å²) in [7, 11) is 0. The first-order valence-corrected chi connectivity index (χ1v) is 8.53. The molecule has 0 spiro atoms. The summed E-state index contributed by atoms with van der Waals surface area (Å²) in [6.07, 6.45) is 2.39. The van der Waals surface area contributed by atoms with Crippen LogP contribution in [0.1, 0.15) is 36.7 Å². The maximum atomic E-state index is 5.30. The second kappa shape index (κ2) is 7.70. The fraction of sp³-hybridized carbons (Fsp3) is 0.556. The summed E-state index contributed by atoms with van der Waals surface area (Å²) in [6.45, 7) is 9.56. The largest absolute Gasteiger partial charge is 0.338 e. The zero-order chi connectivity index (χ0) is 16.1. The van der Waals surface area contributed by atoms with Gasteiger partial charge in [-0.25, -0.2) is 0 Å². The van der Waals surface area contributed by atoms with E-state index in [1.54, 1.807) is 0 Å². The second-order valence-corrected chi connectivity index (χ2v) is 6.32. The van der Waals surface area contributed by atoms with Crippen molar-refractivity contribution in [3.05, 3.63) is 47.6 Å². The summed E-state index contributed by atoms with van der Waals surface area (Å²) < 4.78 is 5.30. The van der Waals surface area contributed by atoms with E-state index in [2.05, 4.69) is 57.2 Å². The van der Waals surface area contributed by atoms with Crippen molar-refractivity contribution in [1.82, 2.24) is 19.9 Å². The van der Waals surface area contributed by atoms with Gasteiger partial charge in [-0.3, -0.25) is 4.90 Å². The Labute approximate surface area is 138 Å². The molecule has 1 atom stereocenters. The molecule has 3 rings (SSSR count). The number of piperazine rings is 1. The summed E-state index contributed by atoms with van der Waals surface area (Å²) in [5.74, 6) is 1.45. The van der Waals surface area contributed by atoms with Crippen molar-refractivity contribution >= 4 is 0 Å². The van der Waals surface area contributed by atoms with Gasteiger partial charge in [0, 0.05) is 26.2 Å². The molecule has 1 saturated heterocycles. The maximum absolute atomic E-state index is 5.30. The smallest absolute Gasteiger partial charge is 0.243 e. The molecule has 1 aromatic carbocycles. The molecular weight excluding hydrogens is 288 g/mol. The number of aromatic nitrogens is 2. The molecule has 0 amide bonds. The molecule has 2 heterocycles. The molecule has 1 aliphatic rings. The first-order chi connectivity index (χ1) is 11.2. The van der Waals surface area contributed by atoms with Crippen molar-refractivity contribution < 1.29 is 4.52 Å². The van der Waals surface area contributed by atoms with Gasteiger partial charge in [-0.2, -0.15) is 4.98 Å². The molecule has 2 aromatic rings. The van der Waals surface area contributed by atoms with Crippen molar-refractivity contribution in [2.24, 2.45) is 0 Å². The third-order valence-electron chi connectivity index (χ3n) is 4.64. The molecule has 124 valence electrons. The van der Waals surface area contributed by atoms with E-state index in [1.807, 2.05) is 6.92 Å². The van der Waals surface area contributed by atoms with Crippen LogP contribution in [0.25, 0.3) is 0 Å². The molecule has 0 N–H and O–H groups in total. The summed E-state index contributed by atoms with van der Waals surface area (Å²) in [5.41, 5.74) is 1.44. The van der Waals surface area contributed by atoms with Crippen LogP contribution in [0.4, 0.5) is 0 Å². The highest BCUT2D eigenvalue weighted by Crippen LogP contribution is 2.20. The summed E-state index contributed by atoms with van der Waals surface area (Å²) in [6, 6.07) is 11.0. The number of nitrogens with zero attached hydrogens (tertiary/aromatic N) is 4. The lowest BCUT2D eigenvalue weighted by Gasteiger charge is -2.36. The molecule has 23 heavy (non-hydrogen) atoms. The Bertz CT molecular complexity index is 590. The van der Waals surface area contributed by atoms with Gasteiger partial charge in [-0.15, -0.1) is 0 Å². The topological polar surface area (TPSA) is 45.4 Å². The highest BCUT2D eigenvalue weighted by molar-refractivity contribution is 5.14. The van der Waals surface area contributed by atoms with Gasteiger partial charge in [0.05, 0.1) is 6.04 Å². The van der Waals surface area contributed by atoms with Crippen LogP contribution < -0.4 is 0 Å². The quantitative estimate of drug-likeness (QED) is 0.820. The normalized spacial score (nSPS) is 18.2. The Balaban J connectivity index is 1.40. The van der Waals surface area contributed by atoms with E-state index in [9.17, 15) is 0 Å². The van der Waals surface area contributed by atoms with Crippen LogP contribution in [0.5, 0.6) is 0 Å². The molecule has 1 aromatic heterocycles. The van der Waals surface area contributed by atoms with Gasteiger partial charge in [-0.1, -0.05) is 35.5 Å². The lowest BCUT2D eigenvalue weighted by atomic mass is 10.1. The lowest BCUT2D eigenvalue weighted by molar-refractivity contribution is 0.0878. The molecule has 0 radical (unpaired) electrons. The molecule has 1 fully saturated rings. The number of rotatable bonds is 6. The standard InChI is InChI=1S/C18H26N4O/c1-15(18-19-16(2)20-23-18)22-13-11-21(12-14-22)10-6-9-17-7-4-3-5-8-17/h3-5,7-8,15H,6,9-14H2,1-2H3/t15-/m0/s1. The number of hydrogen-bond donors (Lipinski definition) is 0. The van der Waals surface area contributed by atoms with Crippen LogP contribution >= 0.6 is 0 Å². The van der Waals surface area contributed by atoms with Crippen LogP contribution in [0.3, 0.4) is 0 Å². The minimum atomic E-state index is 0.211. The van der Waals surface area contributed by atoms with E-state index in [1.165, 1.54) is 24.9 Å². The van der Waals surface area contributed by atoms with Gasteiger partial charge < -0.3 is 9.42 Å². The zero-order valence-corrected chi connectivity index (χ0v) is 14.1. The van der Waals surface area contributed by atoms with Crippen LogP contribution in [0, 0.1) is 6.92 Å². The Hall–Kier alpha value is -1.72. The molecule has 0 bridgehead atoms. The van der Waals surface area contributed by atoms with Crippen molar-refractivity contribution in [3.63, 3.8) is 0 Å². The summed E-state index contributed by atoms with van der Waals surface area (Å²) in [5, 5.41) is 3.89. The predicted molar refractivity (Wildman–Crippen MR) is 90.2 cm³/mol. The van der Waals surface area contributed by atoms with Gasteiger partial charge in [0.2, 0.25) is 5.89 Å². The van der Waals surface area contributed by atoms with Crippen LogP contribution in [0.2, 0.25) is 0 Å². The highest BCUT2D eigenvalue weighted by Gasteiger charge is 2.25. The number of benzene rings is 1. The highest BCUT2D eigenvalue weighted by atomic mass is 16.5. The Morgan fingerprint density at radius 2 is 1.87 bits per heavy atom. The first-order valence-electron chi connectivity index (χ1n) is 8.53. The molecule has 0 unspecified atom stereocenters. The van der Waals surface area contributed by atoms with Gasteiger partial charge in [0.25, 0.3) is 0 Å². The van der Waals surface area contributed by atoms with E-state index in [0.29, 0.717) is 5.82 Å². The monoisotopic (exact) mass is 314 g/mol. The second-order valence-electron chi connectivity index (χ2n) is 6.32. The molecule has 5 nitrogen and oxygen atoms in total. The zero-order valence-electron chi connectivity index (χ0n) is 14.1. The predicted octanol–water partition coefficient (Wildman–Crippen LogP) is 2.69. The Morgan fingerprint density at radius 1 is 1.13 bits per heavy atom. The molecular formula is C18H26N4O. The lowest BCUT2D eigenvalue weighted by Crippen LogP contribution is -2.47.